The van der Waals surface area contributed by atoms with E-state index in [9.17, 15) is 41.3 Å². The predicted octanol–water partition coefficient (Wildman–Crippen LogP) is 5.72. The quantitative estimate of drug-likeness (QED) is 0.259. The van der Waals surface area contributed by atoms with Crippen molar-refractivity contribution in [2.24, 2.45) is 0 Å². The Morgan fingerprint density at radius 1 is 0.925 bits per heavy atom. The highest BCUT2D eigenvalue weighted by molar-refractivity contribution is 5.78. The number of carbonyl (C=O) groups is 1. The highest BCUT2D eigenvalue weighted by Gasteiger charge is 2.39. The number of rotatable bonds is 7. The molecule has 2 fully saturated rings. The van der Waals surface area contributed by atoms with Gasteiger partial charge in [0, 0.05) is 49.7 Å². The number of benzene rings is 2. The normalized spacial score (nSPS) is 20.4. The van der Waals surface area contributed by atoms with Gasteiger partial charge in [-0.2, -0.15) is 26.3 Å². The Kier molecular flexibility index (Phi) is 8.76. The van der Waals surface area contributed by atoms with E-state index in [0.717, 1.165) is 18.2 Å². The highest BCUT2D eigenvalue weighted by atomic mass is 19.4. The van der Waals surface area contributed by atoms with Crippen molar-refractivity contribution in [3.05, 3.63) is 63.7 Å². The van der Waals surface area contributed by atoms with Crippen molar-refractivity contribution in [2.75, 3.05) is 43.0 Å². The van der Waals surface area contributed by atoms with Gasteiger partial charge in [0.15, 0.2) is 0 Å². The van der Waals surface area contributed by atoms with Crippen LogP contribution in [-0.4, -0.2) is 60.7 Å². The number of hydrogen-bond acceptors (Lipinski definition) is 6. The third-order valence-electron chi connectivity index (χ3n) is 7.17. The lowest BCUT2D eigenvalue weighted by Gasteiger charge is -2.37. The van der Waals surface area contributed by atoms with Crippen LogP contribution in [-0.2, 0) is 21.9 Å². The van der Waals surface area contributed by atoms with Crippen molar-refractivity contribution in [2.45, 2.75) is 50.2 Å². The van der Waals surface area contributed by atoms with Crippen LogP contribution < -0.4 is 10.2 Å². The number of anilines is 2. The monoisotopic (exact) mass is 574 g/mol. The summed E-state index contributed by atoms with van der Waals surface area (Å²) in [6.07, 6.45) is -7.30. The molecule has 1 aliphatic carbocycles. The summed E-state index contributed by atoms with van der Waals surface area (Å²) in [6.45, 7) is 0.877. The number of amides is 1. The highest BCUT2D eigenvalue weighted by Crippen LogP contribution is 2.39. The maximum absolute atomic E-state index is 13.3. The van der Waals surface area contributed by atoms with Gasteiger partial charge in [-0.3, -0.25) is 14.9 Å². The van der Waals surface area contributed by atoms with Crippen molar-refractivity contribution in [1.82, 2.24) is 4.90 Å². The van der Waals surface area contributed by atoms with Crippen LogP contribution in [0.5, 0.6) is 0 Å². The van der Waals surface area contributed by atoms with Crippen molar-refractivity contribution in [1.29, 1.82) is 0 Å². The maximum atomic E-state index is 13.3. The zero-order valence-corrected chi connectivity index (χ0v) is 21.3. The lowest BCUT2D eigenvalue weighted by Crippen LogP contribution is -2.50. The topological polar surface area (TPSA) is 87.9 Å². The molecule has 40 heavy (non-hydrogen) atoms. The second-order valence-corrected chi connectivity index (χ2v) is 9.80. The molecule has 0 bridgehead atoms. The van der Waals surface area contributed by atoms with E-state index in [0.29, 0.717) is 25.7 Å². The standard InChI is InChI=1S/C26H28F6N4O4/c27-25(28,29)20-3-1-2-4-22(20)34-11-13-35(14-12-34)24(37)16-40-19-8-5-17(6-9-19)33-18-7-10-23(36(38)39)21(15-18)26(30,31)32/h1-4,7,10,15,17,19,33H,5-6,8-9,11-14,16H2. The molecule has 1 N–H and O–H groups in total. The van der Waals surface area contributed by atoms with Crippen molar-refractivity contribution in [3.8, 4) is 0 Å². The number of halogens is 6. The Balaban J connectivity index is 1.22. The van der Waals surface area contributed by atoms with Crippen LogP contribution in [0.3, 0.4) is 0 Å². The van der Waals surface area contributed by atoms with E-state index >= 15 is 0 Å². The lowest BCUT2D eigenvalue weighted by atomic mass is 9.92. The molecule has 1 saturated carbocycles. The molecular formula is C26H28F6N4O4. The minimum Gasteiger partial charge on any atom is -0.382 e. The first-order valence-electron chi connectivity index (χ1n) is 12.8. The molecule has 0 atom stereocenters. The fourth-order valence-corrected chi connectivity index (χ4v) is 5.09. The molecule has 2 aromatic carbocycles. The summed E-state index contributed by atoms with van der Waals surface area (Å²) in [5.74, 6) is -0.255. The first kappa shape index (κ1) is 29.4. The molecule has 0 aromatic heterocycles. The van der Waals surface area contributed by atoms with E-state index in [4.69, 9.17) is 4.74 Å². The zero-order valence-electron chi connectivity index (χ0n) is 21.3. The van der Waals surface area contributed by atoms with E-state index in [-0.39, 0.29) is 62.2 Å². The van der Waals surface area contributed by atoms with Gasteiger partial charge in [-0.15, -0.1) is 0 Å². The van der Waals surface area contributed by atoms with Crippen molar-refractivity contribution in [3.63, 3.8) is 0 Å². The van der Waals surface area contributed by atoms with Crippen LogP contribution in [0.4, 0.5) is 43.4 Å². The molecule has 1 aliphatic heterocycles. The summed E-state index contributed by atoms with van der Waals surface area (Å²) in [5.41, 5.74) is -2.81. The van der Waals surface area contributed by atoms with E-state index in [1.807, 2.05) is 0 Å². The number of nitrogens with zero attached hydrogens (tertiary/aromatic N) is 3. The number of ether oxygens (including phenoxy) is 1. The second-order valence-electron chi connectivity index (χ2n) is 9.80. The van der Waals surface area contributed by atoms with Crippen LogP contribution in [0.15, 0.2) is 42.5 Å². The summed E-state index contributed by atoms with van der Waals surface area (Å²) in [4.78, 5) is 25.7. The summed E-state index contributed by atoms with van der Waals surface area (Å²) < 4.78 is 85.5. The van der Waals surface area contributed by atoms with Crippen LogP contribution in [0.25, 0.3) is 0 Å². The third kappa shape index (κ3) is 7.14. The Hall–Kier alpha value is -3.55. The van der Waals surface area contributed by atoms with Crippen molar-refractivity contribution < 1.29 is 40.8 Å². The number of hydrogen-bond donors (Lipinski definition) is 1. The Morgan fingerprint density at radius 3 is 2.15 bits per heavy atom. The van der Waals surface area contributed by atoms with E-state index in [1.54, 1.807) is 15.9 Å². The second kappa shape index (κ2) is 11.9. The molecule has 0 spiro atoms. The first-order chi connectivity index (χ1) is 18.8. The van der Waals surface area contributed by atoms with Gasteiger partial charge in [-0.1, -0.05) is 12.1 Å². The Morgan fingerprint density at radius 2 is 1.55 bits per heavy atom. The lowest BCUT2D eigenvalue weighted by molar-refractivity contribution is -0.388. The number of para-hydroxylation sites is 1. The van der Waals surface area contributed by atoms with Crippen molar-refractivity contribution >= 4 is 23.0 Å². The Bertz CT molecular complexity index is 1210. The maximum Gasteiger partial charge on any atom is 0.423 e. The number of carbonyl (C=O) groups excluding carboxylic acids is 1. The van der Waals surface area contributed by atoms with Crippen LogP contribution in [0.2, 0.25) is 0 Å². The van der Waals surface area contributed by atoms with Gasteiger partial charge < -0.3 is 19.9 Å². The summed E-state index contributed by atoms with van der Waals surface area (Å²) in [5, 5.41) is 13.9. The van der Waals surface area contributed by atoms with Gasteiger partial charge in [0.2, 0.25) is 5.91 Å². The zero-order chi connectivity index (χ0) is 29.1. The molecule has 2 aromatic rings. The van der Waals surface area contributed by atoms with E-state index in [1.165, 1.54) is 18.2 Å². The van der Waals surface area contributed by atoms with Crippen LogP contribution in [0, 0.1) is 10.1 Å². The fraction of sp³-hybridized carbons (Fsp3) is 0.500. The predicted molar refractivity (Wildman–Crippen MR) is 134 cm³/mol. The van der Waals surface area contributed by atoms with Crippen LogP contribution >= 0.6 is 0 Å². The number of nitro groups is 1. The fourth-order valence-electron chi connectivity index (χ4n) is 5.09. The van der Waals surface area contributed by atoms with Gasteiger partial charge in [-0.25, -0.2) is 0 Å². The first-order valence-corrected chi connectivity index (χ1v) is 12.8. The van der Waals surface area contributed by atoms with E-state index in [2.05, 4.69) is 5.32 Å². The average Bonchev–Trinajstić information content (AvgIpc) is 2.91. The molecule has 2 aliphatic rings. The molecule has 1 heterocycles. The summed E-state index contributed by atoms with van der Waals surface area (Å²) in [7, 11) is 0. The molecule has 0 radical (unpaired) electrons. The SMILES string of the molecule is O=C(COC1CCC(Nc2ccc([N+](=O)[O-])c(C(F)(F)F)c2)CC1)N1CCN(c2ccccc2C(F)(F)F)CC1. The van der Waals surface area contributed by atoms with E-state index < -0.39 is 34.1 Å². The number of piperazine rings is 1. The third-order valence-corrected chi connectivity index (χ3v) is 7.17. The van der Waals surface area contributed by atoms with Crippen LogP contribution in [0.1, 0.15) is 36.8 Å². The molecule has 14 heteroatoms. The molecule has 1 saturated heterocycles. The number of alkyl halides is 6. The summed E-state index contributed by atoms with van der Waals surface area (Å²) >= 11 is 0. The number of nitrogens with one attached hydrogen (secondary N) is 1. The average molecular weight is 575 g/mol. The molecule has 4 rings (SSSR count). The van der Waals surface area contributed by atoms with Gasteiger partial charge in [0.05, 0.1) is 16.6 Å². The summed E-state index contributed by atoms with van der Waals surface area (Å²) in [6, 6.07) is 8.00. The number of nitro benzene ring substituents is 1. The van der Waals surface area contributed by atoms with Gasteiger partial charge >= 0.3 is 12.4 Å². The van der Waals surface area contributed by atoms with Gasteiger partial charge in [0.25, 0.3) is 5.69 Å². The molecule has 0 unspecified atom stereocenters. The Labute approximate surface area is 226 Å². The smallest absolute Gasteiger partial charge is 0.382 e. The molecule has 218 valence electrons. The van der Waals surface area contributed by atoms with Gasteiger partial charge in [-0.05, 0) is 49.9 Å². The minimum absolute atomic E-state index is 0.0899. The molecular weight excluding hydrogens is 546 g/mol. The molecule has 8 nitrogen and oxygen atoms in total. The van der Waals surface area contributed by atoms with Gasteiger partial charge in [0.1, 0.15) is 12.2 Å². The largest absolute Gasteiger partial charge is 0.423 e. The minimum atomic E-state index is -4.86. The molecule has 1 amide bonds.